The molecule has 0 bridgehead atoms. The van der Waals surface area contributed by atoms with Gasteiger partial charge in [0.1, 0.15) is 0 Å². The maximum atomic E-state index is 12.7. The van der Waals surface area contributed by atoms with Gasteiger partial charge in [0, 0.05) is 9.81 Å². The van der Waals surface area contributed by atoms with E-state index < -0.39 is 17.5 Å². The third-order valence-electron chi connectivity index (χ3n) is 2.61. The minimum Gasteiger partial charge on any atom is -0.289 e. The molecule has 0 saturated carbocycles. The number of Topliss-reactive ketones (excluding diaryl/α,β-unsaturated/α-hetero) is 1. The van der Waals surface area contributed by atoms with Crippen molar-refractivity contribution >= 4 is 52.5 Å². The van der Waals surface area contributed by atoms with Gasteiger partial charge in [-0.1, -0.05) is 23.2 Å². The van der Waals surface area contributed by atoms with Gasteiger partial charge < -0.3 is 0 Å². The Balaban J connectivity index is 3.40. The highest BCUT2D eigenvalue weighted by Crippen LogP contribution is 2.38. The van der Waals surface area contributed by atoms with Gasteiger partial charge in [0.25, 0.3) is 0 Å². The van der Waals surface area contributed by atoms with Crippen molar-refractivity contribution in [3.05, 3.63) is 43.1 Å². The largest absolute Gasteiger partial charge is 0.416 e. The van der Waals surface area contributed by atoms with E-state index in [1.54, 1.807) is 19.4 Å². The highest BCUT2D eigenvalue weighted by Gasteiger charge is 2.33. The molecule has 0 radical (unpaired) electrons. The van der Waals surface area contributed by atoms with Crippen molar-refractivity contribution in [2.24, 2.45) is 0 Å². The summed E-state index contributed by atoms with van der Waals surface area (Å²) in [7, 11) is 0. The van der Waals surface area contributed by atoms with Crippen molar-refractivity contribution in [3.8, 4) is 0 Å². The van der Waals surface area contributed by atoms with Crippen molar-refractivity contribution in [2.45, 2.75) is 13.1 Å². The summed E-state index contributed by atoms with van der Waals surface area (Å²) in [6, 6.07) is 1.43. The van der Waals surface area contributed by atoms with E-state index in [-0.39, 0.29) is 15.6 Å². The van der Waals surface area contributed by atoms with E-state index in [2.05, 4.69) is 0 Å². The number of carbonyl (C=O) groups is 1. The highest BCUT2D eigenvalue weighted by atomic mass is 35.5. The van der Waals surface area contributed by atoms with Gasteiger partial charge in [-0.25, -0.2) is 0 Å². The van der Waals surface area contributed by atoms with Crippen molar-refractivity contribution in [2.75, 3.05) is 12.5 Å². The third kappa shape index (κ3) is 4.34. The summed E-state index contributed by atoms with van der Waals surface area (Å²) >= 11 is 14.4. The first-order valence-electron chi connectivity index (χ1n) is 5.53. The third-order valence-corrected chi connectivity index (χ3v) is 5.56. The molecule has 0 amide bonds. The molecule has 0 heterocycles. The van der Waals surface area contributed by atoms with Crippen LogP contribution in [0.25, 0.3) is 0 Å². The first-order chi connectivity index (χ1) is 9.63. The zero-order valence-electron chi connectivity index (χ0n) is 11.3. The molecular formula is C13H11Cl2F3OS2. The van der Waals surface area contributed by atoms with Crippen molar-refractivity contribution in [1.82, 2.24) is 0 Å². The van der Waals surface area contributed by atoms with Gasteiger partial charge in [-0.05, 0) is 31.6 Å². The van der Waals surface area contributed by atoms with Crippen LogP contribution in [0.5, 0.6) is 0 Å². The second-order valence-electron chi connectivity index (χ2n) is 3.96. The summed E-state index contributed by atoms with van der Waals surface area (Å²) in [5.74, 6) is -0.475. The van der Waals surface area contributed by atoms with Crippen LogP contribution in [0.2, 0.25) is 10.0 Å². The van der Waals surface area contributed by atoms with Crippen LogP contribution in [0.1, 0.15) is 22.8 Å². The number of ketones is 1. The molecule has 21 heavy (non-hydrogen) atoms. The van der Waals surface area contributed by atoms with Crippen LogP contribution in [0.3, 0.4) is 0 Å². The predicted octanol–water partition coefficient (Wildman–Crippen LogP) is 6.15. The van der Waals surface area contributed by atoms with E-state index >= 15 is 0 Å². The number of halogens is 5. The lowest BCUT2D eigenvalue weighted by atomic mass is 10.0. The Morgan fingerprint density at radius 2 is 1.52 bits per heavy atom. The van der Waals surface area contributed by atoms with E-state index in [0.29, 0.717) is 17.7 Å². The Morgan fingerprint density at radius 1 is 1.10 bits per heavy atom. The number of rotatable bonds is 4. The number of benzene rings is 1. The van der Waals surface area contributed by atoms with E-state index in [0.717, 1.165) is 4.24 Å². The Morgan fingerprint density at radius 3 is 1.86 bits per heavy atom. The molecule has 0 spiro atoms. The molecular weight excluding hydrogens is 364 g/mol. The SMILES string of the molecule is CSC(SC)=C(C)C(=O)c1c(Cl)cc(C(F)(F)F)cc1Cl. The fourth-order valence-electron chi connectivity index (χ4n) is 1.62. The second-order valence-corrected chi connectivity index (χ2v) is 6.67. The molecule has 0 aromatic heterocycles. The van der Waals surface area contributed by atoms with Gasteiger partial charge in [0.15, 0.2) is 5.78 Å². The molecule has 0 aliphatic carbocycles. The summed E-state index contributed by atoms with van der Waals surface area (Å²) in [6.45, 7) is 1.59. The van der Waals surface area contributed by atoms with Gasteiger partial charge in [0.2, 0.25) is 0 Å². The Hall–Kier alpha value is -0.300. The van der Waals surface area contributed by atoms with Gasteiger partial charge >= 0.3 is 6.18 Å². The first kappa shape index (κ1) is 18.7. The smallest absolute Gasteiger partial charge is 0.289 e. The number of hydrogen-bond acceptors (Lipinski definition) is 3. The van der Waals surface area contributed by atoms with Crippen LogP contribution in [0.15, 0.2) is 21.9 Å². The van der Waals surface area contributed by atoms with E-state index in [1.165, 1.54) is 23.5 Å². The Labute approximate surface area is 139 Å². The predicted molar refractivity (Wildman–Crippen MR) is 85.5 cm³/mol. The second kappa shape index (κ2) is 7.31. The Bertz CT molecular complexity index is 569. The van der Waals surface area contributed by atoms with Crippen LogP contribution in [-0.4, -0.2) is 18.3 Å². The lowest BCUT2D eigenvalue weighted by Gasteiger charge is -2.13. The molecule has 0 aliphatic rings. The summed E-state index contributed by atoms with van der Waals surface area (Å²) < 4.78 is 38.7. The lowest BCUT2D eigenvalue weighted by Crippen LogP contribution is -2.09. The molecule has 0 unspecified atom stereocenters. The highest BCUT2D eigenvalue weighted by molar-refractivity contribution is 8.21. The fourth-order valence-corrected chi connectivity index (χ4v) is 3.75. The van der Waals surface area contributed by atoms with Crippen molar-refractivity contribution in [3.63, 3.8) is 0 Å². The zero-order chi connectivity index (χ0) is 16.4. The van der Waals surface area contributed by atoms with Crippen LogP contribution in [0, 0.1) is 0 Å². The molecule has 0 aliphatic heterocycles. The van der Waals surface area contributed by atoms with E-state index in [1.807, 2.05) is 0 Å². The maximum absolute atomic E-state index is 12.7. The molecule has 1 aromatic carbocycles. The lowest BCUT2D eigenvalue weighted by molar-refractivity contribution is -0.137. The molecule has 0 atom stereocenters. The van der Waals surface area contributed by atoms with Gasteiger partial charge in [-0.15, -0.1) is 23.5 Å². The number of alkyl halides is 3. The minimum atomic E-state index is -4.57. The average molecular weight is 375 g/mol. The van der Waals surface area contributed by atoms with Gasteiger partial charge in [-0.2, -0.15) is 13.2 Å². The van der Waals surface area contributed by atoms with Gasteiger partial charge in [-0.3, -0.25) is 4.79 Å². The molecule has 0 N–H and O–H groups in total. The van der Waals surface area contributed by atoms with Crippen LogP contribution in [0.4, 0.5) is 13.2 Å². The first-order valence-corrected chi connectivity index (χ1v) is 8.73. The molecule has 1 nitrogen and oxygen atoms in total. The minimum absolute atomic E-state index is 0.107. The standard InChI is InChI=1S/C13H11Cl2F3OS2/c1-6(12(20-2)21-3)11(19)10-8(14)4-7(5-9(10)15)13(16,17)18/h4-5H,1-3H3. The van der Waals surface area contributed by atoms with Crippen LogP contribution < -0.4 is 0 Å². The number of carbonyl (C=O) groups excluding carboxylic acids is 1. The molecule has 1 rings (SSSR count). The van der Waals surface area contributed by atoms with E-state index in [4.69, 9.17) is 23.2 Å². The molecule has 0 saturated heterocycles. The van der Waals surface area contributed by atoms with Crippen molar-refractivity contribution in [1.29, 1.82) is 0 Å². The van der Waals surface area contributed by atoms with Crippen LogP contribution >= 0.6 is 46.7 Å². The monoisotopic (exact) mass is 374 g/mol. The number of thioether (sulfide) groups is 2. The number of hydrogen-bond donors (Lipinski definition) is 0. The summed E-state index contributed by atoms with van der Waals surface area (Å²) in [4.78, 5) is 12.4. The summed E-state index contributed by atoms with van der Waals surface area (Å²) in [6.07, 6.45) is -0.958. The summed E-state index contributed by atoms with van der Waals surface area (Å²) in [5.41, 5.74) is -0.686. The van der Waals surface area contributed by atoms with Crippen LogP contribution in [-0.2, 0) is 6.18 Å². The summed E-state index contributed by atoms with van der Waals surface area (Å²) in [5, 5.41) is -0.610. The zero-order valence-corrected chi connectivity index (χ0v) is 14.4. The Kier molecular flexibility index (Phi) is 6.53. The normalized spacial score (nSPS) is 11.4. The van der Waals surface area contributed by atoms with Crippen molar-refractivity contribution < 1.29 is 18.0 Å². The molecule has 0 fully saturated rings. The molecule has 116 valence electrons. The molecule has 8 heteroatoms. The van der Waals surface area contributed by atoms with Gasteiger partial charge in [0.05, 0.1) is 21.2 Å². The fraction of sp³-hybridized carbons (Fsp3) is 0.308. The maximum Gasteiger partial charge on any atom is 0.416 e. The average Bonchev–Trinajstić information content (AvgIpc) is 2.37. The number of allylic oxidation sites excluding steroid dienone is 1. The topological polar surface area (TPSA) is 17.1 Å². The quantitative estimate of drug-likeness (QED) is 0.464. The molecule has 1 aromatic rings. The van der Waals surface area contributed by atoms with E-state index in [9.17, 15) is 18.0 Å².